The first kappa shape index (κ1) is 29.9. The minimum atomic E-state index is -2.37. The van der Waals surface area contributed by atoms with Gasteiger partial charge < -0.3 is 64.5 Å². The highest BCUT2D eigenvalue weighted by atomic mass is 16.8. The average Bonchev–Trinajstić information content (AvgIpc) is 3.16. The van der Waals surface area contributed by atoms with E-state index >= 15 is 0 Å². The highest BCUT2D eigenvalue weighted by Crippen LogP contribution is 2.36. The third-order valence-electron chi connectivity index (χ3n) is 6.19. The molecule has 0 radical (unpaired) electrons. The zero-order chi connectivity index (χ0) is 28.2. The van der Waals surface area contributed by atoms with Crippen molar-refractivity contribution in [2.75, 3.05) is 26.9 Å². The predicted octanol–water partition coefficient (Wildman–Crippen LogP) is -3.60. The molecular weight excluding hydrogens is 516 g/mol. The second-order valence-electron chi connectivity index (χ2n) is 8.58. The molecule has 9 atom stereocenters. The molecule has 212 valence electrons. The summed E-state index contributed by atoms with van der Waals surface area (Å²) in [4.78, 5) is 23.5. The predicted molar refractivity (Wildman–Crippen MR) is 122 cm³/mol. The number of phenols is 1. The molecule has 38 heavy (non-hydrogen) atoms. The average molecular weight is 546 g/mol. The maximum Gasteiger partial charge on any atom is 0.338 e. The van der Waals surface area contributed by atoms with E-state index in [1.54, 1.807) is 0 Å². The van der Waals surface area contributed by atoms with Crippen LogP contribution in [0.3, 0.4) is 0 Å². The van der Waals surface area contributed by atoms with Gasteiger partial charge in [-0.15, -0.1) is 0 Å². The minimum Gasteiger partial charge on any atom is -0.504 e. The van der Waals surface area contributed by atoms with Gasteiger partial charge in [-0.25, -0.2) is 4.79 Å². The molecule has 1 aromatic rings. The van der Waals surface area contributed by atoms with E-state index in [1.807, 2.05) is 0 Å². The Morgan fingerprint density at radius 3 is 2.34 bits per heavy atom. The van der Waals surface area contributed by atoms with Crippen LogP contribution in [0.15, 0.2) is 18.2 Å². The van der Waals surface area contributed by atoms with E-state index < -0.39 is 86.3 Å². The summed E-state index contributed by atoms with van der Waals surface area (Å²) in [5.74, 6) is -3.80. The van der Waals surface area contributed by atoms with Crippen LogP contribution >= 0.6 is 0 Å². The summed E-state index contributed by atoms with van der Waals surface area (Å²) in [6.45, 7) is -2.53. The van der Waals surface area contributed by atoms with Gasteiger partial charge in [0.15, 0.2) is 17.8 Å². The second-order valence-corrected chi connectivity index (χ2v) is 8.58. The third-order valence-corrected chi connectivity index (χ3v) is 6.19. The molecule has 0 bridgehead atoms. The number of rotatable bonds is 10. The van der Waals surface area contributed by atoms with Crippen molar-refractivity contribution < 1.29 is 74.1 Å². The van der Waals surface area contributed by atoms with Crippen LogP contribution in [0.1, 0.15) is 15.9 Å². The Balaban J connectivity index is 1.77. The molecule has 0 unspecified atom stereocenters. The zero-order valence-corrected chi connectivity index (χ0v) is 20.1. The number of hydrogen-bond donors (Lipinski definition) is 8. The van der Waals surface area contributed by atoms with Gasteiger partial charge in [-0.1, -0.05) is 6.08 Å². The molecule has 2 aliphatic rings. The first-order valence-electron chi connectivity index (χ1n) is 11.4. The molecular formula is C23H30O15. The minimum absolute atomic E-state index is 0.0120. The number of phenolic OH excluding ortho intramolecular Hbond substituents is 1. The highest BCUT2D eigenvalue weighted by molar-refractivity contribution is 5.95. The van der Waals surface area contributed by atoms with E-state index in [0.717, 1.165) is 12.1 Å². The van der Waals surface area contributed by atoms with Crippen LogP contribution in [-0.2, 0) is 23.7 Å². The summed E-state index contributed by atoms with van der Waals surface area (Å²) in [5, 5.41) is 80.5. The molecule has 3 rings (SSSR count). The molecule has 8 N–H and O–H groups in total. The van der Waals surface area contributed by atoms with Crippen molar-refractivity contribution >= 4 is 18.3 Å². The fraction of sp³-hybridized carbons (Fsp3) is 0.565. The number of ether oxygens (including phenoxy) is 5. The summed E-state index contributed by atoms with van der Waals surface area (Å²) in [6.07, 6.45) is -11.2. The molecule has 2 heterocycles. The fourth-order valence-electron chi connectivity index (χ4n) is 4.06. The normalized spacial score (nSPS) is 35.4. The molecule has 1 aromatic carbocycles. The van der Waals surface area contributed by atoms with Gasteiger partial charge in [0.1, 0.15) is 62.2 Å². The van der Waals surface area contributed by atoms with Crippen LogP contribution in [-0.4, -0.2) is 135 Å². The maximum atomic E-state index is 12.8. The molecule has 15 nitrogen and oxygen atoms in total. The zero-order valence-electron chi connectivity index (χ0n) is 20.1. The molecule has 2 saturated heterocycles. The number of carbonyl (C=O) groups excluding carboxylic acids is 2. The summed E-state index contributed by atoms with van der Waals surface area (Å²) >= 11 is 0. The molecule has 2 aliphatic heterocycles. The number of allylic oxidation sites excluding steroid dienone is 1. The number of aromatic hydroxyl groups is 1. The molecule has 0 spiro atoms. The number of aldehydes is 1. The van der Waals surface area contributed by atoms with Crippen LogP contribution in [0.25, 0.3) is 6.08 Å². The van der Waals surface area contributed by atoms with Crippen LogP contribution in [0.4, 0.5) is 0 Å². The van der Waals surface area contributed by atoms with Crippen LogP contribution in [0, 0.1) is 0 Å². The van der Waals surface area contributed by atoms with Crippen LogP contribution < -0.4 is 4.74 Å². The summed E-state index contributed by atoms with van der Waals surface area (Å²) in [5.41, 5.74) is -0.0430. The lowest BCUT2D eigenvalue weighted by molar-refractivity contribution is -0.383. The standard InChI is InChI=1S/C23H30O15/c1-34-13-5-10(3-2-4-24)11(6-12(13)27)21(33)35-8-15-16(28)18(30)19(31)22(36-15)38-23(9-26)20(32)17(29)14(7-25)37-23/h2-6,14-20,22,25-32H,7-9H2,1H3/t14-,15-,16-,17-,18+,19-,20+,22-,23+/m1/s1. The van der Waals surface area contributed by atoms with Crippen molar-refractivity contribution in [2.45, 2.75) is 54.8 Å². The van der Waals surface area contributed by atoms with E-state index in [4.69, 9.17) is 23.7 Å². The summed E-state index contributed by atoms with van der Waals surface area (Å²) in [7, 11) is 1.28. The van der Waals surface area contributed by atoms with Gasteiger partial charge in [0.05, 0.1) is 19.3 Å². The second kappa shape index (κ2) is 12.4. The Morgan fingerprint density at radius 2 is 1.76 bits per heavy atom. The lowest BCUT2D eigenvalue weighted by atomic mass is 9.98. The lowest BCUT2D eigenvalue weighted by Gasteiger charge is -2.43. The molecule has 15 heteroatoms. The van der Waals surface area contributed by atoms with Crippen LogP contribution in [0.2, 0.25) is 0 Å². The van der Waals surface area contributed by atoms with Gasteiger partial charge in [-0.3, -0.25) is 4.79 Å². The highest BCUT2D eigenvalue weighted by Gasteiger charge is 2.58. The van der Waals surface area contributed by atoms with E-state index in [0.29, 0.717) is 6.29 Å². The molecule has 0 saturated carbocycles. The number of carbonyl (C=O) groups is 2. The smallest absolute Gasteiger partial charge is 0.338 e. The monoisotopic (exact) mass is 546 g/mol. The Hall–Kier alpha value is -2.70. The first-order valence-corrected chi connectivity index (χ1v) is 11.4. The quantitative estimate of drug-likeness (QED) is 0.0803. The van der Waals surface area contributed by atoms with Crippen molar-refractivity contribution in [3.63, 3.8) is 0 Å². The molecule has 0 amide bonds. The molecule has 2 fully saturated rings. The van der Waals surface area contributed by atoms with Gasteiger partial charge in [-0.2, -0.15) is 0 Å². The van der Waals surface area contributed by atoms with Crippen molar-refractivity contribution in [3.8, 4) is 11.5 Å². The Morgan fingerprint density at radius 1 is 1.05 bits per heavy atom. The van der Waals surface area contributed by atoms with Crippen molar-refractivity contribution in [1.29, 1.82) is 0 Å². The van der Waals surface area contributed by atoms with Crippen molar-refractivity contribution in [3.05, 3.63) is 29.3 Å². The SMILES string of the molecule is COc1cc(C=CC=O)c(C(=O)OC[C@H]2O[C@H](O[C@]3(CO)O[C@H](CO)[C@@H](O)[C@@H]3O)[C@H](O)[C@@H](O)[C@@H]2O)cc1O. The van der Waals surface area contributed by atoms with E-state index in [-0.39, 0.29) is 16.9 Å². The number of methoxy groups -OCH3 is 1. The number of esters is 1. The molecule has 0 aliphatic carbocycles. The van der Waals surface area contributed by atoms with Gasteiger partial charge in [0.2, 0.25) is 5.79 Å². The van der Waals surface area contributed by atoms with E-state index in [2.05, 4.69) is 0 Å². The lowest BCUT2D eigenvalue weighted by Crippen LogP contribution is -2.62. The molecule has 0 aromatic heterocycles. The summed E-state index contributed by atoms with van der Waals surface area (Å²) < 4.78 is 26.2. The largest absolute Gasteiger partial charge is 0.504 e. The maximum absolute atomic E-state index is 12.8. The van der Waals surface area contributed by atoms with Gasteiger partial charge >= 0.3 is 5.97 Å². The number of aliphatic hydroxyl groups excluding tert-OH is 7. The van der Waals surface area contributed by atoms with Gasteiger partial charge in [0, 0.05) is 0 Å². The van der Waals surface area contributed by atoms with Crippen molar-refractivity contribution in [2.24, 2.45) is 0 Å². The third kappa shape index (κ3) is 5.81. The number of hydrogen-bond acceptors (Lipinski definition) is 15. The first-order chi connectivity index (χ1) is 18.0. The van der Waals surface area contributed by atoms with Crippen molar-refractivity contribution in [1.82, 2.24) is 0 Å². The number of aliphatic hydroxyl groups is 7. The van der Waals surface area contributed by atoms with E-state index in [1.165, 1.54) is 19.3 Å². The Labute approximate surface area is 215 Å². The fourth-order valence-corrected chi connectivity index (χ4v) is 4.06. The van der Waals surface area contributed by atoms with E-state index in [9.17, 15) is 50.4 Å². The summed E-state index contributed by atoms with van der Waals surface area (Å²) in [6, 6.07) is 2.30. The Bertz CT molecular complexity index is 1010. The topological polar surface area (TPSA) is 242 Å². The number of benzene rings is 1. The van der Waals surface area contributed by atoms with Crippen LogP contribution in [0.5, 0.6) is 11.5 Å². The van der Waals surface area contributed by atoms with Gasteiger partial charge in [-0.05, 0) is 23.8 Å². The van der Waals surface area contributed by atoms with Gasteiger partial charge in [0.25, 0.3) is 0 Å². The Kier molecular flexibility index (Phi) is 9.77.